The highest BCUT2D eigenvalue weighted by molar-refractivity contribution is 5.94. The molecule has 3 aromatic heterocycles. The molecule has 0 bridgehead atoms. The molecule has 0 saturated carbocycles. The second-order valence-electron chi connectivity index (χ2n) is 5.99. The van der Waals surface area contributed by atoms with Gasteiger partial charge in [0.05, 0.1) is 6.54 Å². The molecule has 134 valence electrons. The fourth-order valence-electron chi connectivity index (χ4n) is 2.68. The van der Waals surface area contributed by atoms with Crippen LogP contribution in [-0.2, 0) is 6.54 Å². The lowest BCUT2D eigenvalue weighted by Gasteiger charge is -2.15. The largest absolute Gasteiger partial charge is 0.359 e. The fraction of sp³-hybridized carbons (Fsp3) is 0.105. The van der Waals surface area contributed by atoms with Crippen LogP contribution in [-0.4, -0.2) is 43.2 Å². The second kappa shape index (κ2) is 7.20. The number of nitrogens with one attached hydrogen (secondary N) is 1. The van der Waals surface area contributed by atoms with Crippen molar-refractivity contribution in [1.82, 2.24) is 30.2 Å². The average molecular weight is 360 g/mol. The van der Waals surface area contributed by atoms with E-state index >= 15 is 0 Å². The summed E-state index contributed by atoms with van der Waals surface area (Å²) in [5, 5.41) is 10.7. The Morgan fingerprint density at radius 2 is 2.04 bits per heavy atom. The summed E-state index contributed by atoms with van der Waals surface area (Å²) in [7, 11) is 1.72. The minimum Gasteiger partial charge on any atom is -0.359 e. The van der Waals surface area contributed by atoms with Crippen LogP contribution in [0, 0.1) is 0 Å². The van der Waals surface area contributed by atoms with Crippen molar-refractivity contribution in [1.29, 1.82) is 0 Å². The summed E-state index contributed by atoms with van der Waals surface area (Å²) < 4.78 is 5.35. The van der Waals surface area contributed by atoms with Crippen LogP contribution in [0.5, 0.6) is 0 Å². The lowest BCUT2D eigenvalue weighted by molar-refractivity contribution is 0.0772. The van der Waals surface area contributed by atoms with Crippen LogP contribution in [0.1, 0.15) is 16.1 Å². The average Bonchev–Trinajstić information content (AvgIpc) is 3.40. The Hall–Kier alpha value is -3.81. The minimum atomic E-state index is -0.113. The Morgan fingerprint density at radius 3 is 2.74 bits per heavy atom. The van der Waals surface area contributed by atoms with Gasteiger partial charge in [0.15, 0.2) is 11.6 Å². The fourth-order valence-corrected chi connectivity index (χ4v) is 2.68. The van der Waals surface area contributed by atoms with Gasteiger partial charge in [-0.3, -0.25) is 14.9 Å². The highest BCUT2D eigenvalue weighted by Crippen LogP contribution is 2.19. The van der Waals surface area contributed by atoms with Crippen molar-refractivity contribution in [3.05, 3.63) is 72.5 Å². The van der Waals surface area contributed by atoms with Gasteiger partial charge in [-0.05, 0) is 24.3 Å². The van der Waals surface area contributed by atoms with Gasteiger partial charge in [-0.15, -0.1) is 0 Å². The number of rotatable bonds is 5. The molecule has 0 aliphatic carbocycles. The van der Waals surface area contributed by atoms with Crippen molar-refractivity contribution < 1.29 is 9.32 Å². The van der Waals surface area contributed by atoms with Crippen molar-refractivity contribution in [2.75, 3.05) is 7.05 Å². The Labute approximate surface area is 154 Å². The maximum atomic E-state index is 12.6. The van der Waals surface area contributed by atoms with E-state index in [4.69, 9.17) is 4.52 Å². The molecule has 1 aromatic carbocycles. The summed E-state index contributed by atoms with van der Waals surface area (Å²) in [5.41, 5.74) is 3.00. The molecule has 0 aliphatic heterocycles. The molecule has 1 N–H and O–H groups in total. The first kappa shape index (κ1) is 16.6. The van der Waals surface area contributed by atoms with E-state index < -0.39 is 0 Å². The summed E-state index contributed by atoms with van der Waals surface area (Å²) in [5.74, 6) is 1.15. The van der Waals surface area contributed by atoms with E-state index in [1.807, 2.05) is 30.3 Å². The number of carbonyl (C=O) groups is 1. The number of pyridine rings is 1. The smallest absolute Gasteiger partial charge is 0.254 e. The zero-order chi connectivity index (χ0) is 18.6. The van der Waals surface area contributed by atoms with Crippen LogP contribution < -0.4 is 0 Å². The third kappa shape index (κ3) is 3.59. The van der Waals surface area contributed by atoms with Gasteiger partial charge in [-0.1, -0.05) is 17.3 Å². The number of carbonyl (C=O) groups excluding carboxylic acids is 1. The molecule has 0 radical (unpaired) electrons. The highest BCUT2D eigenvalue weighted by atomic mass is 16.5. The molecule has 3 heterocycles. The maximum Gasteiger partial charge on any atom is 0.254 e. The predicted molar refractivity (Wildman–Crippen MR) is 97.4 cm³/mol. The Balaban J connectivity index is 1.44. The molecule has 0 unspecified atom stereocenters. The first-order valence-electron chi connectivity index (χ1n) is 8.28. The number of aromatic nitrogens is 5. The maximum absolute atomic E-state index is 12.6. The highest BCUT2D eigenvalue weighted by Gasteiger charge is 2.15. The zero-order valence-corrected chi connectivity index (χ0v) is 14.5. The van der Waals surface area contributed by atoms with Crippen LogP contribution in [0.15, 0.2) is 65.7 Å². The molecule has 0 atom stereocenters. The van der Waals surface area contributed by atoms with Crippen LogP contribution in [0.4, 0.5) is 0 Å². The van der Waals surface area contributed by atoms with Crippen molar-refractivity contribution in [3.8, 4) is 22.6 Å². The quantitative estimate of drug-likeness (QED) is 0.587. The van der Waals surface area contributed by atoms with Crippen LogP contribution in [0.2, 0.25) is 0 Å². The van der Waals surface area contributed by atoms with Gasteiger partial charge in [0, 0.05) is 42.2 Å². The SMILES string of the molecule is CN(Cc1cc(-c2cccnc2)no1)C(=O)c1ccc(-c2ncn[nH]2)cc1. The van der Waals surface area contributed by atoms with Crippen LogP contribution >= 0.6 is 0 Å². The van der Waals surface area contributed by atoms with E-state index in [1.54, 1.807) is 36.5 Å². The molecule has 4 aromatic rings. The normalized spacial score (nSPS) is 10.7. The molecule has 27 heavy (non-hydrogen) atoms. The summed E-state index contributed by atoms with van der Waals surface area (Å²) in [6.07, 6.45) is 4.86. The molecule has 8 heteroatoms. The molecular weight excluding hydrogens is 344 g/mol. The summed E-state index contributed by atoms with van der Waals surface area (Å²) in [6, 6.07) is 12.7. The van der Waals surface area contributed by atoms with E-state index in [1.165, 1.54) is 6.33 Å². The second-order valence-corrected chi connectivity index (χ2v) is 5.99. The Bertz CT molecular complexity index is 1030. The van der Waals surface area contributed by atoms with Crippen molar-refractivity contribution in [2.24, 2.45) is 0 Å². The van der Waals surface area contributed by atoms with Crippen LogP contribution in [0.25, 0.3) is 22.6 Å². The molecule has 1 amide bonds. The number of amides is 1. The van der Waals surface area contributed by atoms with Crippen molar-refractivity contribution in [2.45, 2.75) is 6.54 Å². The third-order valence-corrected chi connectivity index (χ3v) is 4.08. The van der Waals surface area contributed by atoms with E-state index in [0.717, 1.165) is 11.1 Å². The molecule has 0 fully saturated rings. The zero-order valence-electron chi connectivity index (χ0n) is 14.5. The predicted octanol–water partition coefficient (Wildman–Crippen LogP) is 2.79. The first-order valence-corrected chi connectivity index (χ1v) is 8.28. The molecule has 8 nitrogen and oxygen atoms in total. The van der Waals surface area contributed by atoms with Gasteiger partial charge < -0.3 is 9.42 Å². The topological polar surface area (TPSA) is 101 Å². The van der Waals surface area contributed by atoms with Gasteiger partial charge >= 0.3 is 0 Å². The lowest BCUT2D eigenvalue weighted by atomic mass is 10.1. The number of H-pyrrole nitrogens is 1. The van der Waals surface area contributed by atoms with E-state index in [2.05, 4.69) is 25.3 Å². The minimum absolute atomic E-state index is 0.113. The number of hydrogen-bond donors (Lipinski definition) is 1. The molecule has 4 rings (SSSR count). The number of hydrogen-bond acceptors (Lipinski definition) is 6. The van der Waals surface area contributed by atoms with Crippen molar-refractivity contribution in [3.63, 3.8) is 0 Å². The summed E-state index contributed by atoms with van der Waals surface area (Å²) in [4.78, 5) is 22.4. The summed E-state index contributed by atoms with van der Waals surface area (Å²) in [6.45, 7) is 0.315. The number of benzene rings is 1. The van der Waals surface area contributed by atoms with Gasteiger partial charge in [-0.2, -0.15) is 5.10 Å². The monoisotopic (exact) mass is 360 g/mol. The molecule has 0 spiro atoms. The van der Waals surface area contributed by atoms with E-state index in [9.17, 15) is 4.79 Å². The van der Waals surface area contributed by atoms with Gasteiger partial charge in [0.2, 0.25) is 0 Å². The van der Waals surface area contributed by atoms with Gasteiger partial charge in [0.25, 0.3) is 5.91 Å². The first-order chi connectivity index (χ1) is 13.2. The van der Waals surface area contributed by atoms with Gasteiger partial charge in [-0.25, -0.2) is 4.98 Å². The van der Waals surface area contributed by atoms with E-state index in [0.29, 0.717) is 29.4 Å². The van der Waals surface area contributed by atoms with E-state index in [-0.39, 0.29) is 5.91 Å². The molecule has 0 aliphatic rings. The molecular formula is C19H16N6O2. The van der Waals surface area contributed by atoms with Gasteiger partial charge in [0.1, 0.15) is 12.0 Å². The standard InChI is InChI=1S/C19H16N6O2/c1-25(11-16-9-17(24-27-16)15-3-2-8-20-10-15)19(26)14-6-4-13(5-7-14)18-21-12-22-23-18/h2-10,12H,11H2,1H3,(H,21,22,23). The number of nitrogens with zero attached hydrogens (tertiary/aromatic N) is 5. The Morgan fingerprint density at radius 1 is 1.19 bits per heavy atom. The summed E-state index contributed by atoms with van der Waals surface area (Å²) >= 11 is 0. The lowest BCUT2D eigenvalue weighted by Crippen LogP contribution is -2.25. The Kier molecular flexibility index (Phi) is 4.44. The number of aromatic amines is 1. The molecule has 0 saturated heterocycles. The van der Waals surface area contributed by atoms with Crippen molar-refractivity contribution >= 4 is 5.91 Å². The van der Waals surface area contributed by atoms with Crippen LogP contribution in [0.3, 0.4) is 0 Å². The third-order valence-electron chi connectivity index (χ3n) is 4.08.